The highest BCUT2D eigenvalue weighted by Gasteiger charge is 2.27. The van der Waals surface area contributed by atoms with Crippen molar-refractivity contribution in [1.82, 2.24) is 9.80 Å². The standard InChI is InChI=1S/C26H38N2O/c1-3-4-5-11-17-27-19-21-28(22-20-27)18-16-26(2,29)25-15-10-9-14-24(25)23-12-7-6-8-13-23/h6-10,12-15,29H,3-5,11,16-22H2,1-2H3. The lowest BCUT2D eigenvalue weighted by atomic mass is 9.86. The Balaban J connectivity index is 1.53. The lowest BCUT2D eigenvalue weighted by Crippen LogP contribution is -2.47. The lowest BCUT2D eigenvalue weighted by Gasteiger charge is -2.36. The number of piperazine rings is 1. The van der Waals surface area contributed by atoms with E-state index in [2.05, 4.69) is 59.2 Å². The molecule has 3 heteroatoms. The fraction of sp³-hybridized carbons (Fsp3) is 0.538. The van der Waals surface area contributed by atoms with Crippen LogP contribution in [0.25, 0.3) is 11.1 Å². The molecule has 0 aliphatic carbocycles. The second-order valence-corrected chi connectivity index (χ2v) is 8.68. The normalized spacial score (nSPS) is 17.9. The van der Waals surface area contributed by atoms with E-state index in [-0.39, 0.29) is 0 Å². The van der Waals surface area contributed by atoms with Crippen LogP contribution in [0.5, 0.6) is 0 Å². The summed E-state index contributed by atoms with van der Waals surface area (Å²) in [5, 5.41) is 11.3. The lowest BCUT2D eigenvalue weighted by molar-refractivity contribution is 0.0288. The van der Waals surface area contributed by atoms with Gasteiger partial charge in [0.2, 0.25) is 0 Å². The summed E-state index contributed by atoms with van der Waals surface area (Å²) in [5.41, 5.74) is 2.50. The summed E-state index contributed by atoms with van der Waals surface area (Å²) in [5.74, 6) is 0. The first kappa shape index (κ1) is 22.0. The Morgan fingerprint density at radius 3 is 2.10 bits per heavy atom. The third-order valence-corrected chi connectivity index (χ3v) is 6.30. The Hall–Kier alpha value is -1.68. The highest BCUT2D eigenvalue weighted by molar-refractivity contribution is 5.68. The second kappa shape index (κ2) is 10.9. The van der Waals surface area contributed by atoms with Crippen LogP contribution in [0.1, 0.15) is 51.5 Å². The number of hydrogen-bond donors (Lipinski definition) is 1. The van der Waals surface area contributed by atoms with Crippen molar-refractivity contribution in [1.29, 1.82) is 0 Å². The Kier molecular flexibility index (Phi) is 8.29. The fourth-order valence-electron chi connectivity index (χ4n) is 4.33. The van der Waals surface area contributed by atoms with Gasteiger partial charge in [-0.1, -0.05) is 80.8 Å². The molecule has 29 heavy (non-hydrogen) atoms. The SMILES string of the molecule is CCCCCCN1CCN(CCC(C)(O)c2ccccc2-c2ccccc2)CC1. The van der Waals surface area contributed by atoms with E-state index in [1.807, 2.05) is 19.1 Å². The Morgan fingerprint density at radius 1 is 0.793 bits per heavy atom. The van der Waals surface area contributed by atoms with Crippen molar-refractivity contribution in [2.24, 2.45) is 0 Å². The minimum absolute atomic E-state index is 0.757. The first-order valence-electron chi connectivity index (χ1n) is 11.4. The fourth-order valence-corrected chi connectivity index (χ4v) is 4.33. The first-order chi connectivity index (χ1) is 14.1. The van der Waals surface area contributed by atoms with Crippen LogP contribution in [0.2, 0.25) is 0 Å². The summed E-state index contributed by atoms with van der Waals surface area (Å²) < 4.78 is 0. The van der Waals surface area contributed by atoms with Crippen LogP contribution in [0.4, 0.5) is 0 Å². The van der Waals surface area contributed by atoms with Gasteiger partial charge >= 0.3 is 0 Å². The topological polar surface area (TPSA) is 26.7 Å². The van der Waals surface area contributed by atoms with E-state index in [1.54, 1.807) is 0 Å². The van der Waals surface area contributed by atoms with Crippen molar-refractivity contribution >= 4 is 0 Å². The molecule has 1 unspecified atom stereocenters. The largest absolute Gasteiger partial charge is 0.385 e. The van der Waals surface area contributed by atoms with Crippen LogP contribution >= 0.6 is 0 Å². The minimum atomic E-state index is -0.830. The van der Waals surface area contributed by atoms with E-state index >= 15 is 0 Å². The minimum Gasteiger partial charge on any atom is -0.385 e. The van der Waals surface area contributed by atoms with Gasteiger partial charge in [-0.3, -0.25) is 0 Å². The molecule has 0 radical (unpaired) electrons. The maximum Gasteiger partial charge on any atom is 0.0886 e. The molecule has 0 amide bonds. The molecular formula is C26H38N2O. The van der Waals surface area contributed by atoms with Gasteiger partial charge < -0.3 is 14.9 Å². The Morgan fingerprint density at radius 2 is 1.41 bits per heavy atom. The van der Waals surface area contributed by atoms with Gasteiger partial charge in [0.05, 0.1) is 5.60 Å². The van der Waals surface area contributed by atoms with E-state index < -0.39 is 5.60 Å². The van der Waals surface area contributed by atoms with Gasteiger partial charge in [0.1, 0.15) is 0 Å². The maximum atomic E-state index is 11.3. The Bertz CT molecular complexity index is 720. The quantitative estimate of drug-likeness (QED) is 0.565. The van der Waals surface area contributed by atoms with Crippen molar-refractivity contribution in [2.75, 3.05) is 39.3 Å². The predicted molar refractivity (Wildman–Crippen MR) is 123 cm³/mol. The van der Waals surface area contributed by atoms with Crippen LogP contribution in [0.15, 0.2) is 54.6 Å². The first-order valence-corrected chi connectivity index (χ1v) is 11.4. The molecule has 0 saturated carbocycles. The van der Waals surface area contributed by atoms with E-state index in [9.17, 15) is 5.11 Å². The molecular weight excluding hydrogens is 356 g/mol. The van der Waals surface area contributed by atoms with Crippen LogP contribution in [0, 0.1) is 0 Å². The summed E-state index contributed by atoms with van der Waals surface area (Å²) >= 11 is 0. The number of rotatable bonds is 10. The number of unbranched alkanes of at least 4 members (excludes halogenated alkanes) is 3. The van der Waals surface area contributed by atoms with Crippen LogP contribution < -0.4 is 0 Å². The molecule has 2 aromatic carbocycles. The number of benzene rings is 2. The molecule has 1 aliphatic rings. The maximum absolute atomic E-state index is 11.3. The number of aliphatic hydroxyl groups is 1. The predicted octanol–water partition coefficient (Wildman–Crippen LogP) is 5.15. The molecule has 1 atom stereocenters. The molecule has 0 aromatic heterocycles. The van der Waals surface area contributed by atoms with Gasteiger partial charge in [-0.05, 0) is 43.0 Å². The zero-order valence-corrected chi connectivity index (χ0v) is 18.3. The average molecular weight is 395 g/mol. The summed E-state index contributed by atoms with van der Waals surface area (Å²) in [7, 11) is 0. The summed E-state index contributed by atoms with van der Waals surface area (Å²) in [6, 6.07) is 18.7. The molecule has 1 saturated heterocycles. The van der Waals surface area contributed by atoms with Gasteiger partial charge in [-0.15, -0.1) is 0 Å². The van der Waals surface area contributed by atoms with Gasteiger partial charge in [-0.2, -0.15) is 0 Å². The molecule has 1 heterocycles. The summed E-state index contributed by atoms with van der Waals surface area (Å²) in [6.07, 6.45) is 6.12. The van der Waals surface area contributed by atoms with E-state index in [4.69, 9.17) is 0 Å². The van der Waals surface area contributed by atoms with Gasteiger partial charge in [0.15, 0.2) is 0 Å². The third-order valence-electron chi connectivity index (χ3n) is 6.30. The van der Waals surface area contributed by atoms with Gasteiger partial charge in [0.25, 0.3) is 0 Å². The summed E-state index contributed by atoms with van der Waals surface area (Å²) in [6.45, 7) is 11.0. The van der Waals surface area contributed by atoms with Crippen molar-refractivity contribution in [3.63, 3.8) is 0 Å². The van der Waals surface area contributed by atoms with Crippen molar-refractivity contribution in [2.45, 2.75) is 51.6 Å². The molecule has 158 valence electrons. The van der Waals surface area contributed by atoms with Crippen molar-refractivity contribution in [3.05, 3.63) is 60.2 Å². The molecule has 0 spiro atoms. The highest BCUT2D eigenvalue weighted by atomic mass is 16.3. The molecule has 3 rings (SSSR count). The Labute approximate surface area is 177 Å². The summed E-state index contributed by atoms with van der Waals surface area (Å²) in [4.78, 5) is 5.12. The number of nitrogens with zero attached hydrogens (tertiary/aromatic N) is 2. The van der Waals surface area contributed by atoms with E-state index in [0.717, 1.165) is 50.3 Å². The third kappa shape index (κ3) is 6.40. The zero-order valence-electron chi connectivity index (χ0n) is 18.3. The van der Waals surface area contributed by atoms with Crippen LogP contribution in [-0.2, 0) is 5.60 Å². The van der Waals surface area contributed by atoms with Crippen molar-refractivity contribution in [3.8, 4) is 11.1 Å². The van der Waals surface area contributed by atoms with Crippen LogP contribution in [-0.4, -0.2) is 54.2 Å². The molecule has 1 aliphatic heterocycles. The molecule has 2 aromatic rings. The molecule has 1 N–H and O–H groups in total. The average Bonchev–Trinajstić information content (AvgIpc) is 2.77. The zero-order chi connectivity index (χ0) is 20.5. The van der Waals surface area contributed by atoms with E-state index in [1.165, 1.54) is 37.8 Å². The smallest absolute Gasteiger partial charge is 0.0886 e. The van der Waals surface area contributed by atoms with Crippen molar-refractivity contribution < 1.29 is 5.11 Å². The molecule has 0 bridgehead atoms. The molecule has 3 nitrogen and oxygen atoms in total. The van der Waals surface area contributed by atoms with E-state index in [0.29, 0.717) is 0 Å². The van der Waals surface area contributed by atoms with Gasteiger partial charge in [-0.25, -0.2) is 0 Å². The monoisotopic (exact) mass is 394 g/mol. The molecule has 1 fully saturated rings. The highest BCUT2D eigenvalue weighted by Crippen LogP contribution is 2.34. The second-order valence-electron chi connectivity index (χ2n) is 8.68. The number of hydrogen-bond acceptors (Lipinski definition) is 3. The van der Waals surface area contributed by atoms with Crippen LogP contribution in [0.3, 0.4) is 0 Å². The van der Waals surface area contributed by atoms with Gasteiger partial charge in [0, 0.05) is 32.7 Å².